The summed E-state index contributed by atoms with van der Waals surface area (Å²) in [5, 5.41) is 4.23. The van der Waals surface area contributed by atoms with Crippen LogP contribution in [-0.4, -0.2) is 15.0 Å². The number of hydrogen-bond donors (Lipinski definition) is 0. The van der Waals surface area contributed by atoms with Gasteiger partial charge in [0.1, 0.15) is 11.2 Å². The summed E-state index contributed by atoms with van der Waals surface area (Å²) in [7, 11) is 0. The predicted molar refractivity (Wildman–Crippen MR) is 268 cm³/mol. The van der Waals surface area contributed by atoms with Crippen LogP contribution >= 0.6 is 0 Å². The Labute approximate surface area is 376 Å². The zero-order valence-electron chi connectivity index (χ0n) is 35.3. The van der Waals surface area contributed by atoms with Crippen molar-refractivity contribution in [3.05, 3.63) is 237 Å². The van der Waals surface area contributed by atoms with E-state index in [4.69, 9.17) is 19.4 Å². The first-order valence-corrected chi connectivity index (χ1v) is 21.9. The molecule has 0 aliphatic rings. The summed E-state index contributed by atoms with van der Waals surface area (Å²) in [5.41, 5.74) is 15.8. The van der Waals surface area contributed by atoms with Crippen LogP contribution in [0.3, 0.4) is 0 Å². The Bertz CT molecular complexity index is 3670. The number of fused-ring (bicyclic) bond motifs is 4. The van der Waals surface area contributed by atoms with Gasteiger partial charge in [-0.3, -0.25) is 0 Å². The van der Waals surface area contributed by atoms with E-state index in [0.29, 0.717) is 17.5 Å². The summed E-state index contributed by atoms with van der Waals surface area (Å²) >= 11 is 0. The van der Waals surface area contributed by atoms with E-state index in [1.165, 1.54) is 27.8 Å². The second-order valence-corrected chi connectivity index (χ2v) is 16.4. The third kappa shape index (κ3) is 7.23. The molecule has 0 saturated carbocycles. The number of hydrogen-bond acceptors (Lipinski definition) is 4. The molecular formula is C61H39N3O. The van der Waals surface area contributed by atoms with Crippen LogP contribution in [0, 0.1) is 0 Å². The smallest absolute Gasteiger partial charge is 0.164 e. The first-order valence-electron chi connectivity index (χ1n) is 21.9. The Hall–Kier alpha value is -8.73. The first kappa shape index (κ1) is 38.0. The zero-order chi connectivity index (χ0) is 43.1. The average molecular weight is 830 g/mol. The summed E-state index contributed by atoms with van der Waals surface area (Å²) in [6, 6.07) is 82.9. The van der Waals surface area contributed by atoms with Crippen molar-refractivity contribution in [2.45, 2.75) is 0 Å². The van der Waals surface area contributed by atoms with Gasteiger partial charge in [0, 0.05) is 33.0 Å². The summed E-state index contributed by atoms with van der Waals surface area (Å²) in [6.45, 7) is 0. The Kier molecular flexibility index (Phi) is 9.46. The van der Waals surface area contributed by atoms with Gasteiger partial charge in [-0.05, 0) is 85.1 Å². The summed E-state index contributed by atoms with van der Waals surface area (Å²) in [6.07, 6.45) is 0. The molecule has 0 spiro atoms. The molecule has 0 N–H and O–H groups in total. The van der Waals surface area contributed by atoms with E-state index in [9.17, 15) is 0 Å². The molecule has 0 aliphatic heterocycles. The maximum atomic E-state index is 6.78. The van der Waals surface area contributed by atoms with Crippen molar-refractivity contribution in [1.29, 1.82) is 0 Å². The zero-order valence-corrected chi connectivity index (χ0v) is 35.3. The molecule has 0 amide bonds. The van der Waals surface area contributed by atoms with Crippen LogP contribution in [0.4, 0.5) is 0 Å². The number of nitrogens with zero attached hydrogens (tertiary/aromatic N) is 3. The lowest BCUT2D eigenvalue weighted by molar-refractivity contribution is 0.670. The highest BCUT2D eigenvalue weighted by Gasteiger charge is 2.20. The minimum Gasteiger partial charge on any atom is -0.455 e. The third-order valence-electron chi connectivity index (χ3n) is 12.4. The average Bonchev–Trinajstić information content (AvgIpc) is 3.79. The van der Waals surface area contributed by atoms with Gasteiger partial charge in [-0.2, -0.15) is 0 Å². The molecule has 0 radical (unpaired) electrons. The molecule has 0 aliphatic carbocycles. The van der Waals surface area contributed by atoms with E-state index in [2.05, 4.69) is 212 Å². The van der Waals surface area contributed by atoms with E-state index in [0.717, 1.165) is 77.2 Å². The topological polar surface area (TPSA) is 51.8 Å². The van der Waals surface area contributed by atoms with Gasteiger partial charge >= 0.3 is 0 Å². The van der Waals surface area contributed by atoms with Crippen LogP contribution in [0.15, 0.2) is 241 Å². The van der Waals surface area contributed by atoms with Crippen molar-refractivity contribution < 1.29 is 4.42 Å². The lowest BCUT2D eigenvalue weighted by atomic mass is 9.96. The van der Waals surface area contributed by atoms with Gasteiger partial charge in [-0.1, -0.05) is 212 Å². The van der Waals surface area contributed by atoms with Crippen molar-refractivity contribution >= 4 is 32.7 Å². The third-order valence-corrected chi connectivity index (χ3v) is 12.4. The van der Waals surface area contributed by atoms with Gasteiger partial charge < -0.3 is 4.42 Å². The van der Waals surface area contributed by atoms with Crippen molar-refractivity contribution in [2.75, 3.05) is 0 Å². The fraction of sp³-hybridized carbons (Fsp3) is 0. The summed E-state index contributed by atoms with van der Waals surface area (Å²) < 4.78 is 6.78. The molecule has 12 rings (SSSR count). The van der Waals surface area contributed by atoms with E-state index >= 15 is 0 Å². The van der Waals surface area contributed by atoms with Crippen molar-refractivity contribution in [3.8, 4) is 89.8 Å². The fourth-order valence-electron chi connectivity index (χ4n) is 9.00. The molecule has 0 unspecified atom stereocenters. The highest BCUT2D eigenvalue weighted by molar-refractivity contribution is 6.15. The molecule has 4 nitrogen and oxygen atoms in total. The van der Waals surface area contributed by atoms with Gasteiger partial charge in [0.25, 0.3) is 0 Å². The highest BCUT2D eigenvalue weighted by Crippen LogP contribution is 2.41. The van der Waals surface area contributed by atoms with E-state index < -0.39 is 0 Å². The molecule has 0 atom stereocenters. The standard InChI is InChI=1S/C61H39N3O/c1-4-13-40(14-5-1)43-27-31-46(32-28-43)59-62-60(52-36-35-50-38-49(33-34-51(50)39-52)42-17-8-3-9-18-42)64-61(63-59)55-23-12-24-56-57(55)54-22-11-21-53(58(54)65-56)45-29-25-44(26-30-45)48-20-10-19-47(37-48)41-15-6-2-7-16-41/h1-39H. The second-order valence-electron chi connectivity index (χ2n) is 16.4. The maximum Gasteiger partial charge on any atom is 0.164 e. The molecule has 2 heterocycles. The van der Waals surface area contributed by atoms with E-state index in [1.54, 1.807) is 0 Å². The van der Waals surface area contributed by atoms with Crippen LogP contribution in [0.1, 0.15) is 0 Å². The molecule has 0 bridgehead atoms. The number of rotatable bonds is 8. The molecule has 4 heteroatoms. The van der Waals surface area contributed by atoms with Crippen LogP contribution in [0.2, 0.25) is 0 Å². The highest BCUT2D eigenvalue weighted by atomic mass is 16.3. The molecule has 0 saturated heterocycles. The van der Waals surface area contributed by atoms with Crippen LogP contribution < -0.4 is 0 Å². The molecule has 65 heavy (non-hydrogen) atoms. The number of benzene rings is 10. The molecule has 2 aromatic heterocycles. The predicted octanol–water partition coefficient (Wildman–Crippen LogP) is 16.3. The number of aromatic nitrogens is 3. The van der Waals surface area contributed by atoms with Crippen molar-refractivity contribution in [3.63, 3.8) is 0 Å². The first-order chi connectivity index (χ1) is 32.2. The van der Waals surface area contributed by atoms with Crippen molar-refractivity contribution in [1.82, 2.24) is 15.0 Å². The molecule has 304 valence electrons. The normalized spacial score (nSPS) is 11.4. The quantitative estimate of drug-likeness (QED) is 0.153. The molecular weight excluding hydrogens is 791 g/mol. The van der Waals surface area contributed by atoms with Gasteiger partial charge in [0.05, 0.1) is 0 Å². The second kappa shape index (κ2) is 16.2. The largest absolute Gasteiger partial charge is 0.455 e. The summed E-state index contributed by atoms with van der Waals surface area (Å²) in [5.74, 6) is 1.78. The van der Waals surface area contributed by atoms with E-state index in [1.807, 2.05) is 24.3 Å². The fourth-order valence-corrected chi connectivity index (χ4v) is 9.00. The monoisotopic (exact) mass is 829 g/mol. The maximum absolute atomic E-state index is 6.78. The minimum absolute atomic E-state index is 0.581. The molecule has 0 fully saturated rings. The molecule has 10 aromatic carbocycles. The van der Waals surface area contributed by atoms with Crippen LogP contribution in [-0.2, 0) is 0 Å². The van der Waals surface area contributed by atoms with Gasteiger partial charge in [-0.15, -0.1) is 0 Å². The lowest BCUT2D eigenvalue weighted by Gasteiger charge is -2.11. The van der Waals surface area contributed by atoms with E-state index in [-0.39, 0.29) is 0 Å². The Morgan fingerprint density at radius 1 is 0.262 bits per heavy atom. The molecule has 12 aromatic rings. The lowest BCUT2D eigenvalue weighted by Crippen LogP contribution is -2.00. The Morgan fingerprint density at radius 2 is 0.677 bits per heavy atom. The van der Waals surface area contributed by atoms with Gasteiger partial charge in [-0.25, -0.2) is 15.0 Å². The summed E-state index contributed by atoms with van der Waals surface area (Å²) in [4.78, 5) is 15.6. The minimum atomic E-state index is 0.581. The van der Waals surface area contributed by atoms with Crippen LogP contribution in [0.5, 0.6) is 0 Å². The number of furan rings is 1. The van der Waals surface area contributed by atoms with Crippen LogP contribution in [0.25, 0.3) is 123 Å². The Morgan fingerprint density at radius 3 is 1.32 bits per heavy atom. The van der Waals surface area contributed by atoms with Gasteiger partial charge in [0.2, 0.25) is 0 Å². The van der Waals surface area contributed by atoms with Gasteiger partial charge in [0.15, 0.2) is 17.5 Å². The Balaban J connectivity index is 0.957. The SMILES string of the molecule is c1ccc(-c2ccc(-c3nc(-c4ccc5cc(-c6ccccc6)ccc5c4)nc(-c4cccc5oc6c(-c7ccc(-c8cccc(-c9ccccc9)c8)cc7)cccc6c45)n3)cc2)cc1. The number of para-hydroxylation sites is 1. The van der Waals surface area contributed by atoms with Crippen molar-refractivity contribution in [2.24, 2.45) is 0 Å².